The van der Waals surface area contributed by atoms with Crippen molar-refractivity contribution in [2.45, 2.75) is 35.9 Å². The van der Waals surface area contributed by atoms with Gasteiger partial charge in [-0.2, -0.15) is 13.2 Å². The number of anilines is 1. The lowest BCUT2D eigenvalue weighted by Gasteiger charge is -2.14. The van der Waals surface area contributed by atoms with Crippen LogP contribution in [0.4, 0.5) is 18.9 Å². The van der Waals surface area contributed by atoms with E-state index in [4.69, 9.17) is 10.5 Å². The number of halogens is 3. The van der Waals surface area contributed by atoms with Crippen molar-refractivity contribution in [3.8, 4) is 0 Å². The Hall–Kier alpha value is -2.70. The SMILES string of the molecule is CC(C)COCC(O)CNC(=O)c1ncc(S(=O)(=O)c2ccc(C(F)(F)F)cc2)cc1N. The van der Waals surface area contributed by atoms with Crippen LogP contribution in [0.5, 0.6) is 0 Å². The first-order valence-corrected chi connectivity index (χ1v) is 11.0. The number of nitrogens with one attached hydrogen (secondary N) is 1. The van der Waals surface area contributed by atoms with Gasteiger partial charge in [0.2, 0.25) is 9.84 Å². The first-order valence-electron chi connectivity index (χ1n) is 9.54. The molecular weight excluding hydrogens is 451 g/mol. The Labute approximate surface area is 183 Å². The number of nitrogen functional groups attached to an aromatic ring is 1. The summed E-state index contributed by atoms with van der Waals surface area (Å²) in [5.41, 5.74) is 4.28. The Bertz CT molecular complexity index is 1040. The largest absolute Gasteiger partial charge is 0.416 e. The number of carbonyl (C=O) groups excluding carboxylic acids is 1. The van der Waals surface area contributed by atoms with Crippen molar-refractivity contribution >= 4 is 21.4 Å². The third-order valence-electron chi connectivity index (χ3n) is 4.17. The molecule has 0 aliphatic rings. The number of nitrogens with zero attached hydrogens (tertiary/aromatic N) is 1. The minimum atomic E-state index is -4.60. The van der Waals surface area contributed by atoms with Crippen LogP contribution in [0.1, 0.15) is 29.9 Å². The summed E-state index contributed by atoms with van der Waals surface area (Å²) >= 11 is 0. The fourth-order valence-corrected chi connectivity index (χ4v) is 3.79. The lowest BCUT2D eigenvalue weighted by molar-refractivity contribution is -0.137. The van der Waals surface area contributed by atoms with Crippen molar-refractivity contribution in [1.82, 2.24) is 10.3 Å². The predicted molar refractivity (Wildman–Crippen MR) is 110 cm³/mol. The number of carbonyl (C=O) groups is 1. The van der Waals surface area contributed by atoms with Gasteiger partial charge in [0.05, 0.1) is 33.8 Å². The van der Waals surface area contributed by atoms with Gasteiger partial charge in [0, 0.05) is 19.3 Å². The second-order valence-corrected chi connectivity index (χ2v) is 9.38. The van der Waals surface area contributed by atoms with E-state index in [-0.39, 0.29) is 40.2 Å². The number of alkyl halides is 3. The Morgan fingerprint density at radius 3 is 2.34 bits per heavy atom. The summed E-state index contributed by atoms with van der Waals surface area (Å²) < 4.78 is 68.6. The summed E-state index contributed by atoms with van der Waals surface area (Å²) in [5.74, 6) is -0.443. The lowest BCUT2D eigenvalue weighted by atomic mass is 10.2. The number of pyridine rings is 1. The Morgan fingerprint density at radius 1 is 1.19 bits per heavy atom. The molecule has 2 rings (SSSR count). The zero-order valence-electron chi connectivity index (χ0n) is 17.4. The molecule has 4 N–H and O–H groups in total. The van der Waals surface area contributed by atoms with Gasteiger partial charge in [-0.15, -0.1) is 0 Å². The van der Waals surface area contributed by atoms with E-state index in [1.807, 2.05) is 13.8 Å². The highest BCUT2D eigenvalue weighted by atomic mass is 32.2. The number of aromatic nitrogens is 1. The molecule has 8 nitrogen and oxygen atoms in total. The molecule has 1 amide bonds. The first kappa shape index (κ1) is 25.6. The molecule has 1 unspecified atom stereocenters. The first-order chi connectivity index (χ1) is 14.8. The molecule has 1 atom stereocenters. The van der Waals surface area contributed by atoms with Gasteiger partial charge in [0.15, 0.2) is 5.69 Å². The van der Waals surface area contributed by atoms with E-state index in [1.54, 1.807) is 0 Å². The van der Waals surface area contributed by atoms with Gasteiger partial charge in [-0.25, -0.2) is 13.4 Å². The van der Waals surface area contributed by atoms with Crippen LogP contribution in [0.15, 0.2) is 46.3 Å². The van der Waals surface area contributed by atoms with Crippen LogP contribution in [0.2, 0.25) is 0 Å². The number of rotatable bonds is 9. The van der Waals surface area contributed by atoms with Crippen molar-refractivity contribution in [2.24, 2.45) is 5.92 Å². The van der Waals surface area contributed by atoms with Crippen molar-refractivity contribution in [1.29, 1.82) is 0 Å². The maximum Gasteiger partial charge on any atom is 0.416 e. The number of nitrogens with two attached hydrogens (primary N) is 1. The van der Waals surface area contributed by atoms with Crippen LogP contribution < -0.4 is 11.1 Å². The second-order valence-electron chi connectivity index (χ2n) is 7.43. The normalized spacial score (nSPS) is 13.2. The summed E-state index contributed by atoms with van der Waals surface area (Å²) in [6, 6.07) is 3.97. The van der Waals surface area contributed by atoms with Gasteiger partial charge < -0.3 is 20.9 Å². The fourth-order valence-electron chi connectivity index (χ4n) is 2.55. The molecular formula is C20H24F3N3O5S. The second kappa shape index (κ2) is 10.3. The molecule has 1 aromatic carbocycles. The minimum absolute atomic E-state index is 0.0195. The molecule has 2 aromatic rings. The summed E-state index contributed by atoms with van der Waals surface area (Å²) in [7, 11) is -4.21. The monoisotopic (exact) mass is 475 g/mol. The van der Waals surface area contributed by atoms with E-state index < -0.39 is 33.6 Å². The third kappa shape index (κ3) is 6.65. The number of amides is 1. The van der Waals surface area contributed by atoms with Gasteiger partial charge in [0.25, 0.3) is 5.91 Å². The molecule has 0 radical (unpaired) electrons. The zero-order chi connectivity index (χ0) is 24.1. The number of hydrogen-bond acceptors (Lipinski definition) is 7. The summed E-state index contributed by atoms with van der Waals surface area (Å²) in [6.45, 7) is 4.23. The van der Waals surface area contributed by atoms with Gasteiger partial charge >= 0.3 is 6.18 Å². The number of aliphatic hydroxyl groups is 1. The summed E-state index contributed by atoms with van der Waals surface area (Å²) in [6.07, 6.45) is -4.67. The average molecular weight is 475 g/mol. The maximum atomic E-state index is 12.7. The van der Waals surface area contributed by atoms with Crippen LogP contribution in [-0.2, 0) is 20.8 Å². The molecule has 32 heavy (non-hydrogen) atoms. The number of aliphatic hydroxyl groups excluding tert-OH is 1. The smallest absolute Gasteiger partial charge is 0.397 e. The van der Waals surface area contributed by atoms with Crippen LogP contribution in [0.25, 0.3) is 0 Å². The Morgan fingerprint density at radius 2 is 1.81 bits per heavy atom. The van der Waals surface area contributed by atoms with E-state index in [9.17, 15) is 31.5 Å². The standard InChI is InChI=1S/C20H24F3N3O5S/c1-12(2)10-31-11-14(27)8-26-19(28)18-17(24)7-16(9-25-18)32(29,30)15-5-3-13(4-6-15)20(21,22)23/h3-7,9,12,14,27H,8,10-11,24H2,1-2H3,(H,26,28). The fraction of sp³-hybridized carbons (Fsp3) is 0.400. The zero-order valence-corrected chi connectivity index (χ0v) is 18.2. The highest BCUT2D eigenvalue weighted by Crippen LogP contribution is 2.31. The highest BCUT2D eigenvalue weighted by Gasteiger charge is 2.31. The van der Waals surface area contributed by atoms with E-state index in [2.05, 4.69) is 10.3 Å². The molecule has 0 saturated heterocycles. The molecule has 0 fully saturated rings. The van der Waals surface area contributed by atoms with Gasteiger partial charge in [-0.3, -0.25) is 4.79 Å². The van der Waals surface area contributed by atoms with E-state index >= 15 is 0 Å². The molecule has 1 aromatic heterocycles. The Balaban J connectivity index is 2.09. The molecule has 0 saturated carbocycles. The average Bonchev–Trinajstić information content (AvgIpc) is 2.71. The molecule has 176 valence electrons. The quantitative estimate of drug-likeness (QED) is 0.507. The van der Waals surface area contributed by atoms with Crippen molar-refractivity contribution in [3.05, 3.63) is 47.8 Å². The van der Waals surface area contributed by atoms with Crippen LogP contribution >= 0.6 is 0 Å². The van der Waals surface area contributed by atoms with E-state index in [1.165, 1.54) is 0 Å². The van der Waals surface area contributed by atoms with Gasteiger partial charge in [0.1, 0.15) is 0 Å². The third-order valence-corrected chi connectivity index (χ3v) is 5.91. The van der Waals surface area contributed by atoms with Crippen molar-refractivity contribution < 1.29 is 36.2 Å². The van der Waals surface area contributed by atoms with Crippen molar-refractivity contribution in [2.75, 3.05) is 25.5 Å². The van der Waals surface area contributed by atoms with Crippen LogP contribution in [0.3, 0.4) is 0 Å². The molecule has 0 spiro atoms. The molecule has 0 bridgehead atoms. The number of benzene rings is 1. The maximum absolute atomic E-state index is 12.7. The highest BCUT2D eigenvalue weighted by molar-refractivity contribution is 7.91. The Kier molecular flexibility index (Phi) is 8.21. The van der Waals surface area contributed by atoms with Crippen molar-refractivity contribution in [3.63, 3.8) is 0 Å². The minimum Gasteiger partial charge on any atom is -0.397 e. The number of ether oxygens (including phenoxy) is 1. The topological polar surface area (TPSA) is 132 Å². The van der Waals surface area contributed by atoms with Crippen LogP contribution in [0, 0.1) is 5.92 Å². The molecule has 0 aliphatic heterocycles. The predicted octanol–water partition coefficient (Wildman–Crippen LogP) is 2.28. The molecule has 12 heteroatoms. The summed E-state index contributed by atoms with van der Waals surface area (Å²) in [5, 5.41) is 12.3. The number of sulfone groups is 1. The van der Waals surface area contributed by atoms with E-state index in [0.29, 0.717) is 18.7 Å². The van der Waals surface area contributed by atoms with Crippen LogP contribution in [-0.4, -0.2) is 50.3 Å². The van der Waals surface area contributed by atoms with E-state index in [0.717, 1.165) is 24.4 Å². The lowest BCUT2D eigenvalue weighted by Crippen LogP contribution is -2.35. The molecule has 0 aliphatic carbocycles. The number of hydrogen-bond donors (Lipinski definition) is 3. The van der Waals surface area contributed by atoms with Gasteiger partial charge in [-0.1, -0.05) is 13.8 Å². The summed E-state index contributed by atoms with van der Waals surface area (Å²) in [4.78, 5) is 15.3. The molecule has 1 heterocycles. The van der Waals surface area contributed by atoms with Gasteiger partial charge in [-0.05, 0) is 36.2 Å².